The molecule has 0 saturated heterocycles. The van der Waals surface area contributed by atoms with E-state index in [1.165, 1.54) is 12.5 Å². The molecule has 160 valence electrons. The monoisotopic (exact) mass is 412 g/mol. The van der Waals surface area contributed by atoms with E-state index in [2.05, 4.69) is 20.6 Å². The third-order valence-electron chi connectivity index (χ3n) is 3.91. The first-order valence-corrected chi connectivity index (χ1v) is 8.66. The molecule has 0 bridgehead atoms. The highest BCUT2D eigenvalue weighted by Crippen LogP contribution is 2.04. The van der Waals surface area contributed by atoms with Crippen LogP contribution in [0.4, 0.5) is 0 Å². The molecule has 1 heterocycles. The Kier molecular flexibility index (Phi) is 9.25. The van der Waals surface area contributed by atoms with Crippen LogP contribution in [0.15, 0.2) is 12.5 Å². The molecule has 3 amide bonds. The van der Waals surface area contributed by atoms with E-state index in [4.69, 9.17) is 16.6 Å². The summed E-state index contributed by atoms with van der Waals surface area (Å²) in [5.74, 6) is -4.84. The van der Waals surface area contributed by atoms with E-state index in [0.717, 1.165) is 0 Å². The number of aromatic amines is 1. The van der Waals surface area contributed by atoms with Crippen LogP contribution in [-0.2, 0) is 30.4 Å². The average Bonchev–Trinajstić information content (AvgIpc) is 3.14. The van der Waals surface area contributed by atoms with Crippen LogP contribution >= 0.6 is 0 Å². The van der Waals surface area contributed by atoms with E-state index in [0.29, 0.717) is 5.69 Å². The molecule has 1 aromatic heterocycles. The van der Waals surface area contributed by atoms with Gasteiger partial charge in [0.2, 0.25) is 17.7 Å². The lowest BCUT2D eigenvalue weighted by Gasteiger charge is -2.22. The largest absolute Gasteiger partial charge is 0.481 e. The Labute approximate surface area is 165 Å². The molecule has 0 aliphatic heterocycles. The lowest BCUT2D eigenvalue weighted by atomic mass is 10.1. The van der Waals surface area contributed by atoms with Crippen LogP contribution in [0.5, 0.6) is 0 Å². The van der Waals surface area contributed by atoms with Gasteiger partial charge in [0.15, 0.2) is 0 Å². The normalized spacial score (nSPS) is 13.7. The Morgan fingerprint density at radius 3 is 2.21 bits per heavy atom. The van der Waals surface area contributed by atoms with E-state index in [1.54, 1.807) is 0 Å². The zero-order valence-electron chi connectivity index (χ0n) is 15.5. The fraction of sp³-hybridized carbons (Fsp3) is 0.500. The number of hydrogen-bond acceptors (Lipinski definition) is 7. The van der Waals surface area contributed by atoms with Crippen molar-refractivity contribution in [1.29, 1.82) is 0 Å². The summed E-state index contributed by atoms with van der Waals surface area (Å²) in [7, 11) is 0. The van der Waals surface area contributed by atoms with Crippen molar-refractivity contribution in [3.8, 4) is 0 Å². The molecule has 3 atom stereocenters. The minimum Gasteiger partial charge on any atom is -0.481 e. The van der Waals surface area contributed by atoms with Crippen LogP contribution in [-0.4, -0.2) is 68.0 Å². The summed E-state index contributed by atoms with van der Waals surface area (Å²) < 4.78 is 0. The number of H-pyrrole nitrogens is 1. The van der Waals surface area contributed by atoms with Crippen molar-refractivity contribution < 1.29 is 34.2 Å². The van der Waals surface area contributed by atoms with Gasteiger partial charge in [-0.1, -0.05) is 0 Å². The quantitative estimate of drug-likeness (QED) is 0.181. The van der Waals surface area contributed by atoms with Crippen LogP contribution in [0.25, 0.3) is 0 Å². The molecule has 29 heavy (non-hydrogen) atoms. The van der Waals surface area contributed by atoms with E-state index in [-0.39, 0.29) is 32.1 Å². The Hall–Kier alpha value is -3.48. The van der Waals surface area contributed by atoms with Gasteiger partial charge in [-0.05, 0) is 12.8 Å². The number of aliphatic carboxylic acids is 2. The standard InChI is InChI=1S/C16H24N6O7/c17-9(1-4-13(24)25)14(26)21-10(2-3-12(18)23)15(27)22-11(16(28)29)5-8-6-19-7-20-8/h6-7,9-11H,1-5,17H2,(H2,18,23)(H,19,20)(H,21,26)(H,22,27)(H,24,25)(H,28,29)/t9-,10-,11-/m0/s1. The summed E-state index contributed by atoms with van der Waals surface area (Å²) in [6.07, 6.45) is 1.72. The third kappa shape index (κ3) is 8.83. The molecule has 0 unspecified atom stereocenters. The van der Waals surface area contributed by atoms with Crippen LogP contribution in [0.1, 0.15) is 31.4 Å². The Morgan fingerprint density at radius 1 is 1.03 bits per heavy atom. The van der Waals surface area contributed by atoms with Gasteiger partial charge in [0.05, 0.1) is 12.4 Å². The SMILES string of the molecule is NC(=O)CC[C@H](NC(=O)[C@@H](N)CCC(=O)O)C(=O)N[C@@H](Cc1cnc[nH]1)C(=O)O. The van der Waals surface area contributed by atoms with Gasteiger partial charge in [0.25, 0.3) is 0 Å². The van der Waals surface area contributed by atoms with Crippen LogP contribution in [0.2, 0.25) is 0 Å². The number of carboxylic acids is 2. The molecule has 0 spiro atoms. The van der Waals surface area contributed by atoms with E-state index in [9.17, 15) is 29.1 Å². The van der Waals surface area contributed by atoms with Crippen molar-refractivity contribution in [2.24, 2.45) is 11.5 Å². The van der Waals surface area contributed by atoms with Gasteiger partial charge in [0, 0.05) is 31.2 Å². The van der Waals surface area contributed by atoms with Gasteiger partial charge in [-0.25, -0.2) is 9.78 Å². The van der Waals surface area contributed by atoms with E-state index in [1.807, 2.05) is 0 Å². The van der Waals surface area contributed by atoms with Crippen molar-refractivity contribution in [1.82, 2.24) is 20.6 Å². The molecule has 9 N–H and O–H groups in total. The predicted octanol–water partition coefficient (Wildman–Crippen LogP) is -2.54. The molecule has 0 aromatic carbocycles. The van der Waals surface area contributed by atoms with Crippen LogP contribution in [0, 0.1) is 0 Å². The molecule has 0 saturated carbocycles. The molecular formula is C16H24N6O7. The molecule has 0 radical (unpaired) electrons. The predicted molar refractivity (Wildman–Crippen MR) is 97.1 cm³/mol. The second-order valence-electron chi connectivity index (χ2n) is 6.29. The third-order valence-corrected chi connectivity index (χ3v) is 3.91. The van der Waals surface area contributed by atoms with E-state index >= 15 is 0 Å². The maximum Gasteiger partial charge on any atom is 0.326 e. The maximum absolute atomic E-state index is 12.5. The highest BCUT2D eigenvalue weighted by molar-refractivity contribution is 5.92. The molecule has 1 aromatic rings. The smallest absolute Gasteiger partial charge is 0.326 e. The van der Waals surface area contributed by atoms with Gasteiger partial charge < -0.3 is 37.3 Å². The summed E-state index contributed by atoms with van der Waals surface area (Å²) in [4.78, 5) is 64.2. The number of carbonyl (C=O) groups excluding carboxylic acids is 3. The fourth-order valence-corrected chi connectivity index (χ4v) is 2.33. The molecule has 1 rings (SSSR count). The van der Waals surface area contributed by atoms with Crippen molar-refractivity contribution in [3.05, 3.63) is 18.2 Å². The van der Waals surface area contributed by atoms with Gasteiger partial charge in [-0.15, -0.1) is 0 Å². The minimum absolute atomic E-state index is 0.0876. The first-order valence-electron chi connectivity index (χ1n) is 8.66. The van der Waals surface area contributed by atoms with Crippen LogP contribution < -0.4 is 22.1 Å². The van der Waals surface area contributed by atoms with Crippen LogP contribution in [0.3, 0.4) is 0 Å². The average molecular weight is 412 g/mol. The Balaban J connectivity index is 2.80. The van der Waals surface area contributed by atoms with Gasteiger partial charge in [-0.3, -0.25) is 19.2 Å². The van der Waals surface area contributed by atoms with Crippen molar-refractivity contribution >= 4 is 29.7 Å². The summed E-state index contributed by atoms with van der Waals surface area (Å²) in [5.41, 5.74) is 11.1. The summed E-state index contributed by atoms with van der Waals surface area (Å²) in [6, 6.07) is -3.80. The molecular weight excluding hydrogens is 388 g/mol. The summed E-state index contributed by atoms with van der Waals surface area (Å²) >= 11 is 0. The molecule has 0 aliphatic rings. The summed E-state index contributed by atoms with van der Waals surface area (Å²) in [5, 5.41) is 22.6. The second kappa shape index (κ2) is 11.4. The number of carboxylic acid groups (broad SMARTS) is 2. The number of amides is 3. The molecule has 13 heteroatoms. The van der Waals surface area contributed by atoms with Crippen molar-refractivity contribution in [2.75, 3.05) is 0 Å². The molecule has 13 nitrogen and oxygen atoms in total. The first-order chi connectivity index (χ1) is 13.6. The highest BCUT2D eigenvalue weighted by atomic mass is 16.4. The maximum atomic E-state index is 12.5. The Bertz CT molecular complexity index is 736. The molecule has 0 fully saturated rings. The van der Waals surface area contributed by atoms with Gasteiger partial charge in [0.1, 0.15) is 12.1 Å². The number of nitrogens with two attached hydrogens (primary N) is 2. The number of nitrogens with zero attached hydrogens (tertiary/aromatic N) is 1. The lowest BCUT2D eigenvalue weighted by Crippen LogP contribution is -2.55. The number of hydrogen-bond donors (Lipinski definition) is 7. The van der Waals surface area contributed by atoms with E-state index < -0.39 is 47.8 Å². The fourth-order valence-electron chi connectivity index (χ4n) is 2.33. The molecule has 0 aliphatic carbocycles. The van der Waals surface area contributed by atoms with Crippen molar-refractivity contribution in [2.45, 2.75) is 50.2 Å². The number of nitrogens with one attached hydrogen (secondary N) is 3. The Morgan fingerprint density at radius 2 is 1.69 bits per heavy atom. The highest BCUT2D eigenvalue weighted by Gasteiger charge is 2.28. The lowest BCUT2D eigenvalue weighted by molar-refractivity contribution is -0.142. The summed E-state index contributed by atoms with van der Waals surface area (Å²) in [6.45, 7) is 0. The minimum atomic E-state index is -1.32. The number of primary amides is 1. The number of rotatable bonds is 13. The zero-order chi connectivity index (χ0) is 22.0. The second-order valence-corrected chi connectivity index (χ2v) is 6.29. The number of aromatic nitrogens is 2. The van der Waals surface area contributed by atoms with Crippen molar-refractivity contribution in [3.63, 3.8) is 0 Å². The topological polar surface area (TPSA) is 231 Å². The first kappa shape index (κ1) is 23.6. The number of imidazole rings is 1. The number of carbonyl (C=O) groups is 5. The zero-order valence-corrected chi connectivity index (χ0v) is 15.5. The van der Waals surface area contributed by atoms with Gasteiger partial charge >= 0.3 is 11.9 Å². The van der Waals surface area contributed by atoms with Gasteiger partial charge in [-0.2, -0.15) is 0 Å².